The second-order valence-corrected chi connectivity index (χ2v) is 4.90. The van der Waals surface area contributed by atoms with E-state index >= 15 is 0 Å². The van der Waals surface area contributed by atoms with E-state index in [0.29, 0.717) is 0 Å². The Bertz CT molecular complexity index is 501. The van der Waals surface area contributed by atoms with Gasteiger partial charge < -0.3 is 14.6 Å². The van der Waals surface area contributed by atoms with E-state index in [9.17, 15) is 0 Å². The van der Waals surface area contributed by atoms with Crippen LogP contribution in [0, 0.1) is 0 Å². The molecule has 0 atom stereocenters. The Balaban J connectivity index is 1.44. The van der Waals surface area contributed by atoms with Crippen molar-refractivity contribution in [1.29, 1.82) is 0 Å². The normalized spacial score (nSPS) is 16.0. The van der Waals surface area contributed by atoms with Gasteiger partial charge in [0.05, 0.1) is 11.9 Å². The van der Waals surface area contributed by atoms with Crippen LogP contribution in [0.5, 0.6) is 0 Å². The van der Waals surface area contributed by atoms with Crippen molar-refractivity contribution in [3.63, 3.8) is 0 Å². The third-order valence-electron chi connectivity index (χ3n) is 3.58. The van der Waals surface area contributed by atoms with Crippen LogP contribution in [0.25, 0.3) is 5.65 Å². The van der Waals surface area contributed by atoms with E-state index in [1.165, 1.54) is 38.2 Å². The highest BCUT2D eigenvalue weighted by Gasteiger charge is 2.11. The van der Waals surface area contributed by atoms with Gasteiger partial charge >= 0.3 is 0 Å². The van der Waals surface area contributed by atoms with Gasteiger partial charge in [-0.1, -0.05) is 6.07 Å². The fourth-order valence-electron chi connectivity index (χ4n) is 2.37. The van der Waals surface area contributed by atoms with Crippen molar-refractivity contribution in [2.45, 2.75) is 19.4 Å². The Morgan fingerprint density at radius 3 is 3.06 bits per heavy atom. The molecule has 2 aromatic heterocycles. The Labute approximate surface area is 108 Å². The molecule has 0 amide bonds. The molecule has 0 unspecified atom stereocenters. The molecule has 0 saturated carbocycles. The van der Waals surface area contributed by atoms with Gasteiger partial charge in [0, 0.05) is 12.7 Å². The first-order valence-electron chi connectivity index (χ1n) is 6.77. The zero-order valence-electron chi connectivity index (χ0n) is 10.7. The Morgan fingerprint density at radius 2 is 2.22 bits per heavy atom. The lowest BCUT2D eigenvalue weighted by Crippen LogP contribution is -2.38. The molecule has 3 rings (SSSR count). The summed E-state index contributed by atoms with van der Waals surface area (Å²) in [6, 6.07) is 6.10. The van der Waals surface area contributed by atoms with Gasteiger partial charge in [-0.25, -0.2) is 4.98 Å². The first-order chi connectivity index (χ1) is 8.93. The van der Waals surface area contributed by atoms with Crippen LogP contribution in [0.2, 0.25) is 0 Å². The first kappa shape index (κ1) is 11.7. The van der Waals surface area contributed by atoms with E-state index in [2.05, 4.69) is 25.8 Å². The van der Waals surface area contributed by atoms with Gasteiger partial charge in [0.1, 0.15) is 5.65 Å². The van der Waals surface area contributed by atoms with E-state index in [0.717, 1.165) is 18.7 Å². The standard InChI is InChI=1S/C14H20N4/c1-2-10-18-13(12-16-14(18)5-1)11-15-6-3-7-17-8-4-9-17/h1-2,5,10,12,15H,3-4,6-9,11H2. The Hall–Kier alpha value is -1.39. The molecule has 1 fully saturated rings. The summed E-state index contributed by atoms with van der Waals surface area (Å²) < 4.78 is 2.14. The van der Waals surface area contributed by atoms with Crippen LogP contribution in [-0.4, -0.2) is 40.5 Å². The highest BCUT2D eigenvalue weighted by atomic mass is 15.2. The second-order valence-electron chi connectivity index (χ2n) is 4.90. The molecule has 3 heterocycles. The summed E-state index contributed by atoms with van der Waals surface area (Å²) in [5.74, 6) is 0. The molecule has 2 aromatic rings. The molecule has 0 spiro atoms. The van der Waals surface area contributed by atoms with E-state index < -0.39 is 0 Å². The molecule has 0 aromatic carbocycles. The number of likely N-dealkylation sites (tertiary alicyclic amines) is 1. The minimum atomic E-state index is 0.894. The van der Waals surface area contributed by atoms with Crippen LogP contribution >= 0.6 is 0 Å². The lowest BCUT2D eigenvalue weighted by Gasteiger charge is -2.30. The summed E-state index contributed by atoms with van der Waals surface area (Å²) >= 11 is 0. The molecule has 0 aliphatic carbocycles. The Morgan fingerprint density at radius 1 is 1.28 bits per heavy atom. The maximum atomic E-state index is 4.38. The molecular weight excluding hydrogens is 224 g/mol. The minimum Gasteiger partial charge on any atom is -0.311 e. The van der Waals surface area contributed by atoms with Crippen molar-refractivity contribution in [2.24, 2.45) is 0 Å². The van der Waals surface area contributed by atoms with Crippen molar-refractivity contribution in [3.05, 3.63) is 36.3 Å². The van der Waals surface area contributed by atoms with Crippen LogP contribution in [0.4, 0.5) is 0 Å². The number of hydrogen-bond acceptors (Lipinski definition) is 3. The SMILES string of the molecule is c1ccn2c(CNCCCN3CCC3)cnc2c1. The van der Waals surface area contributed by atoms with Crippen molar-refractivity contribution >= 4 is 5.65 Å². The van der Waals surface area contributed by atoms with Gasteiger partial charge in [0.2, 0.25) is 0 Å². The minimum absolute atomic E-state index is 0.894. The Kier molecular flexibility index (Phi) is 3.57. The summed E-state index contributed by atoms with van der Waals surface area (Å²) in [6.45, 7) is 5.81. The van der Waals surface area contributed by atoms with E-state index in [-0.39, 0.29) is 0 Å². The van der Waals surface area contributed by atoms with Gasteiger partial charge in [-0.2, -0.15) is 0 Å². The van der Waals surface area contributed by atoms with Gasteiger partial charge in [-0.15, -0.1) is 0 Å². The second kappa shape index (κ2) is 5.50. The van der Waals surface area contributed by atoms with Gasteiger partial charge in [0.25, 0.3) is 0 Å². The fraction of sp³-hybridized carbons (Fsp3) is 0.500. The fourth-order valence-corrected chi connectivity index (χ4v) is 2.37. The van der Waals surface area contributed by atoms with E-state index in [1.807, 2.05) is 24.4 Å². The highest BCUT2D eigenvalue weighted by Crippen LogP contribution is 2.06. The molecule has 1 saturated heterocycles. The molecule has 1 N–H and O–H groups in total. The average Bonchev–Trinajstić information content (AvgIpc) is 2.75. The molecular formula is C14H20N4. The van der Waals surface area contributed by atoms with Crippen LogP contribution in [-0.2, 0) is 6.54 Å². The lowest BCUT2D eigenvalue weighted by atomic mass is 10.2. The van der Waals surface area contributed by atoms with Crippen molar-refractivity contribution in [1.82, 2.24) is 19.6 Å². The summed E-state index contributed by atoms with van der Waals surface area (Å²) in [7, 11) is 0. The summed E-state index contributed by atoms with van der Waals surface area (Å²) in [5, 5.41) is 3.50. The zero-order chi connectivity index (χ0) is 12.2. The van der Waals surface area contributed by atoms with Crippen molar-refractivity contribution in [2.75, 3.05) is 26.2 Å². The van der Waals surface area contributed by atoms with Gasteiger partial charge in [0.15, 0.2) is 0 Å². The number of pyridine rings is 1. The number of fused-ring (bicyclic) bond motifs is 1. The molecule has 18 heavy (non-hydrogen) atoms. The molecule has 4 heteroatoms. The number of nitrogens with one attached hydrogen (secondary N) is 1. The third kappa shape index (κ3) is 2.54. The molecule has 96 valence electrons. The molecule has 4 nitrogen and oxygen atoms in total. The van der Waals surface area contributed by atoms with E-state index in [4.69, 9.17) is 0 Å². The number of rotatable bonds is 6. The highest BCUT2D eigenvalue weighted by molar-refractivity contribution is 5.39. The van der Waals surface area contributed by atoms with Gasteiger partial charge in [-0.3, -0.25) is 0 Å². The van der Waals surface area contributed by atoms with Crippen LogP contribution < -0.4 is 5.32 Å². The maximum Gasteiger partial charge on any atom is 0.136 e. The van der Waals surface area contributed by atoms with E-state index in [1.54, 1.807) is 0 Å². The monoisotopic (exact) mass is 244 g/mol. The molecule has 0 radical (unpaired) electrons. The first-order valence-corrected chi connectivity index (χ1v) is 6.77. The van der Waals surface area contributed by atoms with Gasteiger partial charge in [-0.05, 0) is 51.2 Å². The average molecular weight is 244 g/mol. The zero-order valence-corrected chi connectivity index (χ0v) is 10.7. The smallest absolute Gasteiger partial charge is 0.136 e. The number of aromatic nitrogens is 2. The maximum absolute atomic E-state index is 4.38. The topological polar surface area (TPSA) is 32.6 Å². The molecule has 0 bridgehead atoms. The van der Waals surface area contributed by atoms with Crippen LogP contribution in [0.1, 0.15) is 18.5 Å². The van der Waals surface area contributed by atoms with Crippen molar-refractivity contribution in [3.8, 4) is 0 Å². The quantitative estimate of drug-likeness (QED) is 0.782. The number of imidazole rings is 1. The van der Waals surface area contributed by atoms with Crippen LogP contribution in [0.3, 0.4) is 0 Å². The van der Waals surface area contributed by atoms with Crippen LogP contribution in [0.15, 0.2) is 30.6 Å². The molecule has 1 aliphatic heterocycles. The summed E-state index contributed by atoms with van der Waals surface area (Å²) in [4.78, 5) is 6.89. The predicted molar refractivity (Wildman–Crippen MR) is 72.6 cm³/mol. The lowest BCUT2D eigenvalue weighted by molar-refractivity contribution is 0.179. The number of hydrogen-bond donors (Lipinski definition) is 1. The largest absolute Gasteiger partial charge is 0.311 e. The molecule has 1 aliphatic rings. The summed E-state index contributed by atoms with van der Waals surface area (Å²) in [5.41, 5.74) is 2.25. The third-order valence-corrected chi connectivity index (χ3v) is 3.58. The van der Waals surface area contributed by atoms with Crippen molar-refractivity contribution < 1.29 is 0 Å². The number of nitrogens with zero attached hydrogens (tertiary/aromatic N) is 3. The predicted octanol–water partition coefficient (Wildman–Crippen LogP) is 1.52. The summed E-state index contributed by atoms with van der Waals surface area (Å²) in [6.07, 6.45) is 6.64.